The minimum Gasteiger partial charge on any atom is -0.384 e. The molecule has 1 aliphatic rings. The van der Waals surface area contributed by atoms with Gasteiger partial charge in [-0.05, 0) is 23.6 Å². The third-order valence-corrected chi connectivity index (χ3v) is 3.63. The molecule has 0 bridgehead atoms. The van der Waals surface area contributed by atoms with Crippen molar-refractivity contribution in [2.24, 2.45) is 0 Å². The lowest BCUT2D eigenvalue weighted by molar-refractivity contribution is 0.339. The Balaban J connectivity index is 1.86. The summed E-state index contributed by atoms with van der Waals surface area (Å²) < 4.78 is 40.9. The number of nitrogens with one attached hydrogen (secondary N) is 1. The van der Waals surface area contributed by atoms with Crippen molar-refractivity contribution in [3.63, 3.8) is 0 Å². The molecule has 2 aromatic carbocycles. The Morgan fingerprint density at radius 2 is 2.00 bits per heavy atom. The highest BCUT2D eigenvalue weighted by Gasteiger charge is 2.21. The highest BCUT2D eigenvalue weighted by atomic mass is 19.1. The second-order valence-corrected chi connectivity index (χ2v) is 4.97. The van der Waals surface area contributed by atoms with Gasteiger partial charge in [-0.1, -0.05) is 24.3 Å². The summed E-state index contributed by atoms with van der Waals surface area (Å²) in [6.07, 6.45) is -0.527. The van der Waals surface area contributed by atoms with Crippen LogP contribution in [0.2, 0.25) is 0 Å². The number of para-hydroxylation sites is 1. The van der Waals surface area contributed by atoms with Crippen LogP contribution < -0.4 is 5.32 Å². The molecule has 0 saturated heterocycles. The monoisotopic (exact) mass is 277 g/mol. The number of halogens is 3. The first kappa shape index (κ1) is 13.0. The summed E-state index contributed by atoms with van der Waals surface area (Å²) in [5.74, 6) is -1.35. The molecule has 4 heteroatoms. The quantitative estimate of drug-likeness (QED) is 0.887. The Kier molecular flexibility index (Phi) is 3.38. The molecule has 0 aromatic heterocycles. The molecule has 1 aliphatic heterocycles. The van der Waals surface area contributed by atoms with E-state index in [-0.39, 0.29) is 12.0 Å². The number of rotatable bonds is 3. The van der Waals surface area contributed by atoms with Crippen molar-refractivity contribution >= 4 is 5.69 Å². The molecule has 1 nitrogen and oxygen atoms in total. The van der Waals surface area contributed by atoms with Crippen molar-refractivity contribution in [2.75, 3.05) is 11.9 Å². The molecule has 0 saturated carbocycles. The molecule has 1 unspecified atom stereocenters. The van der Waals surface area contributed by atoms with Crippen LogP contribution in [0.15, 0.2) is 36.4 Å². The summed E-state index contributed by atoms with van der Waals surface area (Å²) in [6.45, 7) is 0.796. The molecule has 3 rings (SSSR count). The van der Waals surface area contributed by atoms with E-state index in [0.29, 0.717) is 5.56 Å². The molecule has 1 atom stereocenters. The molecule has 0 radical (unpaired) electrons. The lowest BCUT2D eigenvalue weighted by Gasteiger charge is -2.14. The van der Waals surface area contributed by atoms with Gasteiger partial charge in [-0.15, -0.1) is 0 Å². The van der Waals surface area contributed by atoms with Gasteiger partial charge in [0.05, 0.1) is 0 Å². The van der Waals surface area contributed by atoms with Crippen molar-refractivity contribution in [1.82, 2.24) is 0 Å². The first-order chi connectivity index (χ1) is 9.65. The predicted molar refractivity (Wildman–Crippen MR) is 72.5 cm³/mol. The van der Waals surface area contributed by atoms with E-state index in [0.717, 1.165) is 36.3 Å². The molecule has 1 heterocycles. The standard InChI is InChI=1S/C16H14F3N/c17-12-5-4-11(14(18)9-12)8-15(19)13-3-1-2-10-6-7-20-16(10)13/h1-5,9,15,20H,6-8H2. The van der Waals surface area contributed by atoms with E-state index in [9.17, 15) is 13.2 Å². The number of hydrogen-bond donors (Lipinski definition) is 1. The predicted octanol–water partition coefficient (Wildman–Crippen LogP) is 4.19. The van der Waals surface area contributed by atoms with Crippen LogP contribution in [-0.4, -0.2) is 6.54 Å². The summed E-state index contributed by atoms with van der Waals surface area (Å²) in [7, 11) is 0. The van der Waals surface area contributed by atoms with Crippen LogP contribution in [0.1, 0.15) is 22.9 Å². The van der Waals surface area contributed by atoms with Gasteiger partial charge in [0, 0.05) is 30.3 Å². The van der Waals surface area contributed by atoms with Gasteiger partial charge in [-0.3, -0.25) is 0 Å². The molecule has 104 valence electrons. The van der Waals surface area contributed by atoms with Gasteiger partial charge in [0.15, 0.2) is 0 Å². The average Bonchev–Trinajstić information content (AvgIpc) is 2.90. The van der Waals surface area contributed by atoms with Crippen LogP contribution in [-0.2, 0) is 12.8 Å². The van der Waals surface area contributed by atoms with Gasteiger partial charge in [0.25, 0.3) is 0 Å². The Labute approximate surface area is 115 Å². The topological polar surface area (TPSA) is 12.0 Å². The maximum absolute atomic E-state index is 14.5. The van der Waals surface area contributed by atoms with E-state index in [1.54, 1.807) is 6.07 Å². The SMILES string of the molecule is Fc1ccc(CC(F)c2cccc3c2NCC3)c(F)c1. The van der Waals surface area contributed by atoms with E-state index < -0.39 is 17.8 Å². The molecule has 0 aliphatic carbocycles. The number of anilines is 1. The van der Waals surface area contributed by atoms with Gasteiger partial charge in [-0.2, -0.15) is 0 Å². The van der Waals surface area contributed by atoms with E-state index >= 15 is 0 Å². The van der Waals surface area contributed by atoms with E-state index in [1.165, 1.54) is 6.07 Å². The summed E-state index contributed by atoms with van der Waals surface area (Å²) in [5, 5.41) is 3.17. The number of benzene rings is 2. The average molecular weight is 277 g/mol. The fraction of sp³-hybridized carbons (Fsp3) is 0.250. The number of alkyl halides is 1. The molecule has 0 amide bonds. The van der Waals surface area contributed by atoms with Crippen molar-refractivity contribution in [3.8, 4) is 0 Å². The largest absolute Gasteiger partial charge is 0.384 e. The summed E-state index contributed by atoms with van der Waals surface area (Å²) >= 11 is 0. The van der Waals surface area contributed by atoms with Crippen LogP contribution in [0.3, 0.4) is 0 Å². The molecule has 0 spiro atoms. The lowest BCUT2D eigenvalue weighted by atomic mass is 9.98. The molecular formula is C16H14F3N. The van der Waals surface area contributed by atoms with E-state index in [2.05, 4.69) is 5.32 Å². The Bertz CT molecular complexity index is 640. The van der Waals surface area contributed by atoms with Gasteiger partial charge < -0.3 is 5.32 Å². The lowest BCUT2D eigenvalue weighted by Crippen LogP contribution is -2.03. The molecule has 2 aromatic rings. The van der Waals surface area contributed by atoms with Gasteiger partial charge in [0.1, 0.15) is 17.8 Å². The molecule has 1 N–H and O–H groups in total. The highest BCUT2D eigenvalue weighted by Crippen LogP contribution is 2.34. The summed E-state index contributed by atoms with van der Waals surface area (Å²) in [6, 6.07) is 8.73. The van der Waals surface area contributed by atoms with Crippen molar-refractivity contribution < 1.29 is 13.2 Å². The van der Waals surface area contributed by atoms with E-state index in [1.807, 2.05) is 12.1 Å². The van der Waals surface area contributed by atoms with Crippen molar-refractivity contribution in [1.29, 1.82) is 0 Å². The molecular weight excluding hydrogens is 263 g/mol. The minimum atomic E-state index is -1.31. The smallest absolute Gasteiger partial charge is 0.131 e. The van der Waals surface area contributed by atoms with Crippen LogP contribution in [0, 0.1) is 11.6 Å². The number of fused-ring (bicyclic) bond motifs is 1. The van der Waals surface area contributed by atoms with Crippen molar-refractivity contribution in [3.05, 3.63) is 64.7 Å². The first-order valence-electron chi connectivity index (χ1n) is 6.59. The zero-order valence-electron chi connectivity index (χ0n) is 10.8. The fourth-order valence-corrected chi connectivity index (χ4v) is 2.62. The third-order valence-electron chi connectivity index (χ3n) is 3.63. The van der Waals surface area contributed by atoms with Crippen molar-refractivity contribution in [2.45, 2.75) is 19.0 Å². The van der Waals surface area contributed by atoms with Gasteiger partial charge in [0.2, 0.25) is 0 Å². The van der Waals surface area contributed by atoms with Crippen LogP contribution in [0.4, 0.5) is 18.9 Å². The Hall–Kier alpha value is -1.97. The van der Waals surface area contributed by atoms with Crippen LogP contribution in [0.25, 0.3) is 0 Å². The molecule has 20 heavy (non-hydrogen) atoms. The fourth-order valence-electron chi connectivity index (χ4n) is 2.62. The Morgan fingerprint density at radius 1 is 1.15 bits per heavy atom. The number of hydrogen-bond acceptors (Lipinski definition) is 1. The van der Waals surface area contributed by atoms with E-state index in [4.69, 9.17) is 0 Å². The molecule has 0 fully saturated rings. The third kappa shape index (κ3) is 2.38. The van der Waals surface area contributed by atoms with Gasteiger partial charge in [-0.25, -0.2) is 13.2 Å². The van der Waals surface area contributed by atoms with Crippen LogP contribution in [0.5, 0.6) is 0 Å². The highest BCUT2D eigenvalue weighted by molar-refractivity contribution is 5.62. The maximum Gasteiger partial charge on any atom is 0.131 e. The zero-order valence-corrected chi connectivity index (χ0v) is 10.8. The summed E-state index contributed by atoms with van der Waals surface area (Å²) in [5.41, 5.74) is 2.64. The normalized spacial score (nSPS) is 14.8. The second kappa shape index (κ2) is 5.19. The van der Waals surface area contributed by atoms with Crippen LogP contribution >= 0.6 is 0 Å². The first-order valence-corrected chi connectivity index (χ1v) is 6.59. The summed E-state index contributed by atoms with van der Waals surface area (Å²) in [4.78, 5) is 0. The zero-order chi connectivity index (χ0) is 14.1. The Morgan fingerprint density at radius 3 is 2.80 bits per heavy atom. The minimum absolute atomic E-state index is 0.0930. The maximum atomic E-state index is 14.5. The second-order valence-electron chi connectivity index (χ2n) is 4.97. The van der Waals surface area contributed by atoms with Gasteiger partial charge >= 0.3 is 0 Å².